The second kappa shape index (κ2) is 9.89. The molecule has 35 heavy (non-hydrogen) atoms. The summed E-state index contributed by atoms with van der Waals surface area (Å²) in [5.74, 6) is -0.337. The third-order valence-electron chi connectivity index (χ3n) is 6.29. The molecule has 1 heterocycles. The van der Waals surface area contributed by atoms with E-state index in [0.29, 0.717) is 42.2 Å². The molecule has 0 aromatic heterocycles. The Hall–Kier alpha value is -2.46. The lowest BCUT2D eigenvalue weighted by Crippen LogP contribution is -2.34. The van der Waals surface area contributed by atoms with E-state index in [-0.39, 0.29) is 26.4 Å². The minimum Gasteiger partial charge on any atom is -0.370 e. The van der Waals surface area contributed by atoms with Crippen molar-refractivity contribution in [3.05, 3.63) is 83.1 Å². The Morgan fingerprint density at radius 1 is 0.857 bits per heavy atom. The number of hydrogen-bond acceptors (Lipinski definition) is 5. The van der Waals surface area contributed by atoms with Gasteiger partial charge < -0.3 is 4.90 Å². The molecule has 1 aliphatic heterocycles. The summed E-state index contributed by atoms with van der Waals surface area (Å²) in [6.07, 6.45) is 1.27. The van der Waals surface area contributed by atoms with Crippen molar-refractivity contribution < 1.29 is 21.2 Å². The maximum absolute atomic E-state index is 14.4. The fraction of sp³-hybridized carbons (Fsp3) is 0.280. The molecule has 0 atom stereocenters. The van der Waals surface area contributed by atoms with Gasteiger partial charge >= 0.3 is 0 Å². The van der Waals surface area contributed by atoms with E-state index in [2.05, 4.69) is 0 Å². The topological polar surface area (TPSA) is 74.8 Å². The quantitative estimate of drug-likeness (QED) is 0.446. The van der Waals surface area contributed by atoms with Crippen molar-refractivity contribution in [1.82, 2.24) is 4.31 Å². The van der Waals surface area contributed by atoms with Gasteiger partial charge in [-0.3, -0.25) is 0 Å². The predicted molar refractivity (Wildman–Crippen MR) is 135 cm³/mol. The van der Waals surface area contributed by atoms with Crippen LogP contribution in [0.2, 0.25) is 5.02 Å². The predicted octanol–water partition coefficient (Wildman–Crippen LogP) is 4.95. The van der Waals surface area contributed by atoms with Gasteiger partial charge in [0.05, 0.1) is 15.5 Å². The number of sulfonamides is 1. The maximum Gasteiger partial charge on any atom is 0.243 e. The van der Waals surface area contributed by atoms with Crippen molar-refractivity contribution in [3.63, 3.8) is 0 Å². The molecule has 0 radical (unpaired) electrons. The molecule has 0 aliphatic carbocycles. The van der Waals surface area contributed by atoms with E-state index < -0.39 is 19.9 Å². The van der Waals surface area contributed by atoms with Crippen molar-refractivity contribution >= 4 is 37.1 Å². The molecule has 0 unspecified atom stereocenters. The second-order valence-corrected chi connectivity index (χ2v) is 13.1. The summed E-state index contributed by atoms with van der Waals surface area (Å²) in [7, 11) is -5.43. The van der Waals surface area contributed by atoms with Crippen LogP contribution in [0.4, 0.5) is 10.1 Å². The minimum absolute atomic E-state index is 0.00162. The number of para-hydroxylation sites is 1. The van der Waals surface area contributed by atoms with Gasteiger partial charge in [-0.05, 0) is 60.7 Å². The number of nitrogens with zero attached hydrogens (tertiary/aromatic N) is 2. The molecule has 0 N–H and O–H groups in total. The smallest absolute Gasteiger partial charge is 0.243 e. The third kappa shape index (κ3) is 4.95. The normalized spacial score (nSPS) is 15.5. The van der Waals surface area contributed by atoms with Crippen molar-refractivity contribution in [3.8, 4) is 0 Å². The largest absolute Gasteiger partial charge is 0.370 e. The highest BCUT2D eigenvalue weighted by atomic mass is 35.5. The Kier molecular flexibility index (Phi) is 7.24. The lowest BCUT2D eigenvalue weighted by Gasteiger charge is -2.35. The van der Waals surface area contributed by atoms with Crippen LogP contribution < -0.4 is 4.90 Å². The monoisotopic (exact) mass is 536 g/mol. The summed E-state index contributed by atoms with van der Waals surface area (Å²) in [4.78, 5) is 1.47. The van der Waals surface area contributed by atoms with Gasteiger partial charge in [-0.15, -0.1) is 0 Å². The molecule has 3 aromatic rings. The fourth-order valence-electron chi connectivity index (χ4n) is 4.41. The van der Waals surface area contributed by atoms with Crippen LogP contribution in [0.25, 0.3) is 0 Å². The molecule has 1 aliphatic rings. The van der Waals surface area contributed by atoms with Crippen LogP contribution in [0.15, 0.2) is 81.4 Å². The van der Waals surface area contributed by atoms with Gasteiger partial charge in [0.2, 0.25) is 19.9 Å². The van der Waals surface area contributed by atoms with Crippen LogP contribution in [-0.4, -0.2) is 48.3 Å². The van der Waals surface area contributed by atoms with Crippen LogP contribution in [-0.2, 0) is 19.9 Å². The molecular formula is C25H26ClFN2O4S2. The van der Waals surface area contributed by atoms with Crippen LogP contribution in [0, 0.1) is 5.82 Å². The van der Waals surface area contributed by atoms with Crippen LogP contribution in [0.5, 0.6) is 0 Å². The number of halogens is 2. The van der Waals surface area contributed by atoms with E-state index in [1.165, 1.54) is 50.5 Å². The second-order valence-electron chi connectivity index (χ2n) is 8.63. The van der Waals surface area contributed by atoms with Gasteiger partial charge in [0, 0.05) is 32.2 Å². The Labute approximate surface area is 210 Å². The number of piperidine rings is 1. The van der Waals surface area contributed by atoms with E-state index in [9.17, 15) is 21.2 Å². The summed E-state index contributed by atoms with van der Waals surface area (Å²) in [6, 6.07) is 16.9. The zero-order chi connectivity index (χ0) is 25.4. The molecule has 6 nitrogen and oxygen atoms in total. The lowest BCUT2D eigenvalue weighted by molar-refractivity contribution is 0.480. The Morgan fingerprint density at radius 2 is 1.43 bits per heavy atom. The third-order valence-corrected chi connectivity index (χ3v) is 10.4. The first kappa shape index (κ1) is 25.6. The standard InChI is InChI=1S/C25H26ClFN2O4S2/c1-28(2)35(32,33)25-10-6-5-9-24(25)34(30,31)23-8-4-3-7-22(23)29-15-13-18(14-16-29)20-12-11-19(26)17-21(20)27/h3-12,17-18H,13-16H2,1-2H3. The maximum atomic E-state index is 14.4. The van der Waals surface area contributed by atoms with E-state index in [0.717, 1.165) is 4.31 Å². The van der Waals surface area contributed by atoms with E-state index in [4.69, 9.17) is 11.6 Å². The van der Waals surface area contributed by atoms with Crippen molar-refractivity contribution in [2.24, 2.45) is 0 Å². The minimum atomic E-state index is -4.17. The highest BCUT2D eigenvalue weighted by Gasteiger charge is 2.32. The molecule has 4 rings (SSSR count). The Bertz CT molecular complexity index is 1450. The van der Waals surface area contributed by atoms with Gasteiger partial charge in [-0.1, -0.05) is 41.9 Å². The molecule has 1 fully saturated rings. The molecule has 3 aromatic carbocycles. The zero-order valence-electron chi connectivity index (χ0n) is 19.4. The van der Waals surface area contributed by atoms with Gasteiger partial charge in [0.15, 0.2) is 0 Å². The average Bonchev–Trinajstić information content (AvgIpc) is 2.84. The summed E-state index contributed by atoms with van der Waals surface area (Å²) < 4.78 is 68.7. The van der Waals surface area contributed by atoms with Crippen molar-refractivity contribution in [1.29, 1.82) is 0 Å². The number of anilines is 1. The molecule has 10 heteroatoms. The van der Waals surface area contributed by atoms with E-state index in [1.54, 1.807) is 30.3 Å². The van der Waals surface area contributed by atoms with Crippen LogP contribution in [0.3, 0.4) is 0 Å². The summed E-state index contributed by atoms with van der Waals surface area (Å²) in [6.45, 7) is 1.05. The number of hydrogen-bond donors (Lipinski definition) is 0. The highest BCUT2D eigenvalue weighted by molar-refractivity contribution is 7.93. The Balaban J connectivity index is 1.67. The summed E-state index contributed by atoms with van der Waals surface area (Å²) in [5, 5.41) is 0.347. The SMILES string of the molecule is CN(C)S(=O)(=O)c1ccccc1S(=O)(=O)c1ccccc1N1CCC(c2ccc(Cl)cc2F)CC1. The highest BCUT2D eigenvalue weighted by Crippen LogP contribution is 2.37. The molecule has 0 bridgehead atoms. The number of rotatable bonds is 6. The zero-order valence-corrected chi connectivity index (χ0v) is 21.7. The first-order valence-corrected chi connectivity index (χ1v) is 14.4. The van der Waals surface area contributed by atoms with Crippen molar-refractivity contribution in [2.75, 3.05) is 32.1 Å². The average molecular weight is 537 g/mol. The first-order chi connectivity index (χ1) is 16.5. The van der Waals surface area contributed by atoms with Crippen molar-refractivity contribution in [2.45, 2.75) is 33.4 Å². The number of sulfone groups is 1. The lowest BCUT2D eigenvalue weighted by atomic mass is 9.89. The van der Waals surface area contributed by atoms with Gasteiger partial charge in [0.1, 0.15) is 10.7 Å². The van der Waals surface area contributed by atoms with E-state index >= 15 is 0 Å². The molecule has 0 saturated carbocycles. The van der Waals surface area contributed by atoms with Crippen LogP contribution in [0.1, 0.15) is 24.3 Å². The fourth-order valence-corrected chi connectivity index (χ4v) is 7.74. The molecule has 1 saturated heterocycles. The summed E-state index contributed by atoms with van der Waals surface area (Å²) in [5.41, 5.74) is 1.11. The first-order valence-electron chi connectivity index (χ1n) is 11.1. The van der Waals surface area contributed by atoms with E-state index in [1.807, 2.05) is 4.90 Å². The summed E-state index contributed by atoms with van der Waals surface area (Å²) >= 11 is 5.88. The molecule has 0 spiro atoms. The molecular weight excluding hydrogens is 511 g/mol. The molecule has 0 amide bonds. The van der Waals surface area contributed by atoms with Gasteiger partial charge in [0.25, 0.3) is 0 Å². The molecule has 186 valence electrons. The van der Waals surface area contributed by atoms with Gasteiger partial charge in [-0.2, -0.15) is 0 Å². The number of benzene rings is 3. The van der Waals surface area contributed by atoms with Gasteiger partial charge in [-0.25, -0.2) is 25.5 Å². The Morgan fingerprint density at radius 3 is 2.03 bits per heavy atom. The van der Waals surface area contributed by atoms with Crippen LogP contribution >= 0.6 is 11.6 Å².